The van der Waals surface area contributed by atoms with E-state index in [1.807, 2.05) is 0 Å². The highest BCUT2D eigenvalue weighted by Crippen LogP contribution is 2.28. The molecule has 1 heterocycles. The highest BCUT2D eigenvalue weighted by Gasteiger charge is 2.10. The molecule has 1 aromatic heterocycles. The standard InChI is InChI=1S/C13H9BrN2O4S/c14-11-6-10(16(19)20)2-1-9(11)7-21-12-5-8(13(17)18)3-4-15-12/h1-6H,7H2,(H,17,18). The van der Waals surface area contributed by atoms with Crippen LogP contribution >= 0.6 is 27.7 Å². The number of aromatic carboxylic acids is 1. The topological polar surface area (TPSA) is 93.3 Å². The Labute approximate surface area is 132 Å². The number of hydrogen-bond donors (Lipinski definition) is 1. The molecule has 0 amide bonds. The van der Waals surface area contributed by atoms with Crippen LogP contribution in [0.2, 0.25) is 0 Å². The predicted octanol–water partition coefficient (Wildman–Crippen LogP) is 3.74. The monoisotopic (exact) mass is 368 g/mol. The number of rotatable bonds is 5. The normalized spacial score (nSPS) is 10.3. The van der Waals surface area contributed by atoms with E-state index in [2.05, 4.69) is 20.9 Å². The lowest BCUT2D eigenvalue weighted by Crippen LogP contribution is -1.97. The third-order valence-corrected chi connectivity index (χ3v) is 4.32. The van der Waals surface area contributed by atoms with Crippen molar-refractivity contribution in [3.63, 3.8) is 0 Å². The van der Waals surface area contributed by atoms with Gasteiger partial charge in [0.05, 0.1) is 15.5 Å². The summed E-state index contributed by atoms with van der Waals surface area (Å²) in [5.74, 6) is -0.481. The quantitative estimate of drug-likeness (QED) is 0.490. The first-order valence-corrected chi connectivity index (χ1v) is 7.50. The highest BCUT2D eigenvalue weighted by molar-refractivity contribution is 9.10. The number of halogens is 1. The van der Waals surface area contributed by atoms with Crippen LogP contribution in [0.25, 0.3) is 0 Å². The number of nitro groups is 1. The van der Waals surface area contributed by atoms with Gasteiger partial charge >= 0.3 is 5.97 Å². The van der Waals surface area contributed by atoms with E-state index in [0.717, 1.165) is 5.56 Å². The largest absolute Gasteiger partial charge is 0.478 e. The molecule has 0 saturated carbocycles. The summed E-state index contributed by atoms with van der Waals surface area (Å²) in [7, 11) is 0. The molecule has 6 nitrogen and oxygen atoms in total. The number of nitrogens with zero attached hydrogens (tertiary/aromatic N) is 2. The van der Waals surface area contributed by atoms with Gasteiger partial charge in [-0.2, -0.15) is 0 Å². The summed E-state index contributed by atoms with van der Waals surface area (Å²) in [4.78, 5) is 25.2. The third-order valence-electron chi connectivity index (χ3n) is 2.60. The molecule has 2 rings (SSSR count). The van der Waals surface area contributed by atoms with Crippen LogP contribution in [0.4, 0.5) is 5.69 Å². The summed E-state index contributed by atoms with van der Waals surface area (Å²) < 4.78 is 0.638. The lowest BCUT2D eigenvalue weighted by molar-refractivity contribution is -0.384. The Morgan fingerprint density at radius 3 is 2.76 bits per heavy atom. The van der Waals surface area contributed by atoms with Crippen molar-refractivity contribution in [1.29, 1.82) is 0 Å². The number of carboxylic acid groups (broad SMARTS) is 1. The molecule has 1 aromatic carbocycles. The van der Waals surface area contributed by atoms with E-state index >= 15 is 0 Å². The van der Waals surface area contributed by atoms with Gasteiger partial charge in [0.2, 0.25) is 0 Å². The van der Waals surface area contributed by atoms with Gasteiger partial charge in [0.25, 0.3) is 5.69 Å². The summed E-state index contributed by atoms with van der Waals surface area (Å²) in [6.45, 7) is 0. The first-order chi connectivity index (χ1) is 9.97. The van der Waals surface area contributed by atoms with Crippen molar-refractivity contribution in [1.82, 2.24) is 4.98 Å². The number of pyridine rings is 1. The molecule has 0 fully saturated rings. The van der Waals surface area contributed by atoms with Gasteiger partial charge in [0.1, 0.15) is 0 Å². The average Bonchev–Trinajstić information content (AvgIpc) is 2.46. The minimum absolute atomic E-state index is 0.0154. The van der Waals surface area contributed by atoms with Crippen molar-refractivity contribution in [3.05, 3.63) is 62.2 Å². The fourth-order valence-corrected chi connectivity index (χ4v) is 3.13. The van der Waals surface area contributed by atoms with E-state index in [-0.39, 0.29) is 11.3 Å². The van der Waals surface area contributed by atoms with Crippen LogP contribution in [0.1, 0.15) is 15.9 Å². The van der Waals surface area contributed by atoms with E-state index in [0.29, 0.717) is 15.3 Å². The average molecular weight is 369 g/mol. The molecule has 2 aromatic rings. The molecule has 0 saturated heterocycles. The van der Waals surface area contributed by atoms with Gasteiger partial charge in [0.15, 0.2) is 0 Å². The van der Waals surface area contributed by atoms with Gasteiger partial charge in [-0.15, -0.1) is 11.8 Å². The summed E-state index contributed by atoms with van der Waals surface area (Å²) in [6.07, 6.45) is 1.44. The molecule has 0 aliphatic heterocycles. The van der Waals surface area contributed by atoms with Gasteiger partial charge < -0.3 is 5.11 Å². The van der Waals surface area contributed by atoms with Crippen molar-refractivity contribution >= 4 is 39.3 Å². The summed E-state index contributed by atoms with van der Waals surface area (Å²) in [5.41, 5.74) is 1.06. The first-order valence-electron chi connectivity index (χ1n) is 5.72. The molecule has 0 spiro atoms. The first kappa shape index (κ1) is 15.5. The van der Waals surface area contributed by atoms with E-state index in [1.165, 1.54) is 42.2 Å². The number of aromatic nitrogens is 1. The van der Waals surface area contributed by atoms with Crippen molar-refractivity contribution in [2.75, 3.05) is 0 Å². The number of carbonyl (C=O) groups is 1. The van der Waals surface area contributed by atoms with E-state index in [1.54, 1.807) is 6.07 Å². The fourth-order valence-electron chi connectivity index (χ4n) is 1.54. The second-order valence-electron chi connectivity index (χ2n) is 4.01. The maximum absolute atomic E-state index is 10.9. The number of nitro benzene ring substituents is 1. The predicted molar refractivity (Wildman–Crippen MR) is 81.6 cm³/mol. The molecule has 0 radical (unpaired) electrons. The minimum Gasteiger partial charge on any atom is -0.478 e. The SMILES string of the molecule is O=C(O)c1ccnc(SCc2ccc([N+](=O)[O-])cc2Br)c1. The molecule has 0 aliphatic carbocycles. The van der Waals surface area contributed by atoms with Gasteiger partial charge in [-0.3, -0.25) is 10.1 Å². The Balaban J connectivity index is 2.11. The summed E-state index contributed by atoms with van der Waals surface area (Å²) in [6, 6.07) is 7.45. The molecule has 108 valence electrons. The van der Waals surface area contributed by atoms with Crippen LogP contribution in [-0.2, 0) is 5.75 Å². The lowest BCUT2D eigenvalue weighted by atomic mass is 10.2. The van der Waals surface area contributed by atoms with Crippen LogP contribution in [0, 0.1) is 10.1 Å². The van der Waals surface area contributed by atoms with Crippen LogP contribution in [-0.4, -0.2) is 21.0 Å². The van der Waals surface area contributed by atoms with E-state index in [4.69, 9.17) is 5.11 Å². The Bertz CT molecular complexity index is 708. The van der Waals surface area contributed by atoms with Crippen molar-refractivity contribution in [2.24, 2.45) is 0 Å². The number of carboxylic acids is 1. The highest BCUT2D eigenvalue weighted by atomic mass is 79.9. The number of hydrogen-bond acceptors (Lipinski definition) is 5. The van der Waals surface area contributed by atoms with Crippen LogP contribution < -0.4 is 0 Å². The Morgan fingerprint density at radius 1 is 1.38 bits per heavy atom. The lowest BCUT2D eigenvalue weighted by Gasteiger charge is -2.04. The molecule has 1 N–H and O–H groups in total. The second kappa shape index (κ2) is 6.68. The number of non-ortho nitro benzene ring substituents is 1. The fraction of sp³-hybridized carbons (Fsp3) is 0.0769. The second-order valence-corrected chi connectivity index (χ2v) is 5.86. The molecular weight excluding hydrogens is 360 g/mol. The Morgan fingerprint density at radius 2 is 2.14 bits per heavy atom. The van der Waals surface area contributed by atoms with Gasteiger partial charge in [-0.25, -0.2) is 9.78 Å². The summed E-state index contributed by atoms with van der Waals surface area (Å²) in [5, 5.41) is 20.2. The molecule has 0 unspecified atom stereocenters. The van der Waals surface area contributed by atoms with Gasteiger partial charge in [-0.1, -0.05) is 22.0 Å². The molecule has 21 heavy (non-hydrogen) atoms. The molecule has 0 atom stereocenters. The Hall–Kier alpha value is -1.93. The smallest absolute Gasteiger partial charge is 0.335 e. The number of thioether (sulfide) groups is 1. The van der Waals surface area contributed by atoms with Crippen molar-refractivity contribution in [3.8, 4) is 0 Å². The van der Waals surface area contributed by atoms with Crippen LogP contribution in [0.15, 0.2) is 46.0 Å². The Kier molecular flexibility index (Phi) is 4.92. The van der Waals surface area contributed by atoms with Crippen LogP contribution in [0.3, 0.4) is 0 Å². The zero-order chi connectivity index (χ0) is 15.4. The maximum Gasteiger partial charge on any atom is 0.335 e. The molecule has 0 bridgehead atoms. The zero-order valence-electron chi connectivity index (χ0n) is 10.5. The van der Waals surface area contributed by atoms with Gasteiger partial charge in [-0.05, 0) is 17.7 Å². The van der Waals surface area contributed by atoms with E-state index < -0.39 is 10.9 Å². The number of benzene rings is 1. The van der Waals surface area contributed by atoms with E-state index in [9.17, 15) is 14.9 Å². The summed E-state index contributed by atoms with van der Waals surface area (Å²) >= 11 is 4.65. The van der Waals surface area contributed by atoms with Crippen molar-refractivity contribution < 1.29 is 14.8 Å². The third kappa shape index (κ3) is 4.02. The molecule has 8 heteroatoms. The maximum atomic E-state index is 10.9. The van der Waals surface area contributed by atoms with Gasteiger partial charge in [0, 0.05) is 28.6 Å². The van der Waals surface area contributed by atoms with Crippen molar-refractivity contribution in [2.45, 2.75) is 10.8 Å². The van der Waals surface area contributed by atoms with Crippen LogP contribution in [0.5, 0.6) is 0 Å². The molecule has 0 aliphatic rings. The molecular formula is C13H9BrN2O4S. The zero-order valence-corrected chi connectivity index (χ0v) is 12.9. The minimum atomic E-state index is -1.00.